The first-order valence-electron chi connectivity index (χ1n) is 8.34. The summed E-state index contributed by atoms with van der Waals surface area (Å²) in [5.41, 5.74) is 3.30. The number of benzene rings is 1. The standard InChI is InChI=1S/C20H11F2N5O/c21-17-3-1-2-13(18(17)22)16-9-27-28-19(16)15-8-26-20-14(15)4-11(7-25-20)12-5-23-10-24-6-12/h1-10H,(H,25,26). The van der Waals surface area contributed by atoms with Gasteiger partial charge < -0.3 is 9.51 Å². The molecule has 0 aliphatic heterocycles. The number of halogens is 2. The van der Waals surface area contributed by atoms with E-state index in [4.69, 9.17) is 4.52 Å². The van der Waals surface area contributed by atoms with Crippen molar-refractivity contribution >= 4 is 11.0 Å². The molecule has 4 heterocycles. The van der Waals surface area contributed by atoms with E-state index < -0.39 is 11.6 Å². The maximum atomic E-state index is 14.3. The van der Waals surface area contributed by atoms with Gasteiger partial charge in [0.15, 0.2) is 17.4 Å². The predicted octanol–water partition coefficient (Wildman–Crippen LogP) is 4.62. The van der Waals surface area contributed by atoms with Gasteiger partial charge in [-0.15, -0.1) is 0 Å². The molecule has 0 saturated carbocycles. The Balaban J connectivity index is 1.69. The minimum Gasteiger partial charge on any atom is -0.356 e. The number of fused-ring (bicyclic) bond motifs is 1. The monoisotopic (exact) mass is 375 g/mol. The number of H-pyrrole nitrogens is 1. The Morgan fingerprint density at radius 2 is 1.75 bits per heavy atom. The zero-order valence-electron chi connectivity index (χ0n) is 14.2. The van der Waals surface area contributed by atoms with Crippen LogP contribution in [-0.2, 0) is 0 Å². The summed E-state index contributed by atoms with van der Waals surface area (Å²) in [6.07, 6.45) is 9.59. The van der Waals surface area contributed by atoms with E-state index in [1.54, 1.807) is 24.8 Å². The number of nitrogens with zero attached hydrogens (tertiary/aromatic N) is 4. The Hall–Kier alpha value is -3.94. The lowest BCUT2D eigenvalue weighted by molar-refractivity contribution is 0.432. The van der Waals surface area contributed by atoms with Crippen molar-refractivity contribution < 1.29 is 13.3 Å². The maximum Gasteiger partial charge on any atom is 0.176 e. The van der Waals surface area contributed by atoms with Crippen molar-refractivity contribution in [3.63, 3.8) is 0 Å². The van der Waals surface area contributed by atoms with Gasteiger partial charge >= 0.3 is 0 Å². The number of pyridine rings is 1. The van der Waals surface area contributed by atoms with Gasteiger partial charge in [0, 0.05) is 52.4 Å². The van der Waals surface area contributed by atoms with Crippen molar-refractivity contribution in [3.8, 4) is 33.6 Å². The van der Waals surface area contributed by atoms with E-state index in [1.165, 1.54) is 24.7 Å². The molecule has 1 aromatic carbocycles. The Labute approximate surface area is 156 Å². The number of aromatic amines is 1. The van der Waals surface area contributed by atoms with E-state index in [-0.39, 0.29) is 5.56 Å². The summed E-state index contributed by atoms with van der Waals surface area (Å²) in [6.45, 7) is 0. The highest BCUT2D eigenvalue weighted by molar-refractivity contribution is 5.97. The van der Waals surface area contributed by atoms with E-state index in [0.29, 0.717) is 22.5 Å². The van der Waals surface area contributed by atoms with Gasteiger partial charge in [0.1, 0.15) is 12.0 Å². The third-order valence-corrected chi connectivity index (χ3v) is 4.48. The number of rotatable bonds is 3. The summed E-state index contributed by atoms with van der Waals surface area (Å²) in [7, 11) is 0. The molecule has 0 saturated heterocycles. The second-order valence-electron chi connectivity index (χ2n) is 6.12. The third-order valence-electron chi connectivity index (χ3n) is 4.48. The molecule has 0 amide bonds. The molecule has 28 heavy (non-hydrogen) atoms. The highest BCUT2D eigenvalue weighted by Gasteiger charge is 2.21. The maximum absolute atomic E-state index is 14.3. The van der Waals surface area contributed by atoms with Gasteiger partial charge in [-0.2, -0.15) is 0 Å². The molecule has 0 unspecified atom stereocenters. The molecule has 4 aromatic heterocycles. The fourth-order valence-corrected chi connectivity index (χ4v) is 3.13. The Morgan fingerprint density at radius 1 is 0.893 bits per heavy atom. The van der Waals surface area contributed by atoms with Gasteiger partial charge in [0.25, 0.3) is 0 Å². The van der Waals surface area contributed by atoms with E-state index in [0.717, 1.165) is 22.6 Å². The first kappa shape index (κ1) is 16.2. The van der Waals surface area contributed by atoms with Crippen molar-refractivity contribution in [2.75, 3.05) is 0 Å². The average Bonchev–Trinajstić information content (AvgIpc) is 3.37. The fourth-order valence-electron chi connectivity index (χ4n) is 3.13. The fraction of sp³-hybridized carbons (Fsp3) is 0. The van der Waals surface area contributed by atoms with Crippen LogP contribution in [-0.4, -0.2) is 25.1 Å². The molecule has 0 bridgehead atoms. The molecule has 0 aliphatic rings. The highest BCUT2D eigenvalue weighted by atomic mass is 19.2. The smallest absolute Gasteiger partial charge is 0.176 e. The first-order chi connectivity index (χ1) is 13.7. The Morgan fingerprint density at radius 3 is 2.61 bits per heavy atom. The molecule has 5 aromatic rings. The molecular weight excluding hydrogens is 364 g/mol. The van der Waals surface area contributed by atoms with Crippen LogP contribution in [0, 0.1) is 11.6 Å². The quantitative estimate of drug-likeness (QED) is 0.498. The van der Waals surface area contributed by atoms with Gasteiger partial charge in [-0.1, -0.05) is 17.3 Å². The van der Waals surface area contributed by atoms with Gasteiger partial charge in [-0.05, 0) is 12.1 Å². The highest BCUT2D eigenvalue weighted by Crippen LogP contribution is 2.38. The lowest BCUT2D eigenvalue weighted by atomic mass is 10.0. The van der Waals surface area contributed by atoms with Crippen molar-refractivity contribution in [1.82, 2.24) is 25.1 Å². The Bertz CT molecular complexity index is 1300. The number of aromatic nitrogens is 5. The average molecular weight is 375 g/mol. The van der Waals surface area contributed by atoms with E-state index in [9.17, 15) is 8.78 Å². The van der Waals surface area contributed by atoms with Gasteiger partial charge in [-0.25, -0.2) is 23.7 Å². The van der Waals surface area contributed by atoms with Gasteiger partial charge in [0.05, 0.1) is 11.8 Å². The molecule has 1 N–H and O–H groups in total. The minimum absolute atomic E-state index is 0.0752. The summed E-state index contributed by atoms with van der Waals surface area (Å²) < 4.78 is 33.4. The first-order valence-corrected chi connectivity index (χ1v) is 8.34. The molecule has 0 atom stereocenters. The largest absolute Gasteiger partial charge is 0.356 e. The molecule has 0 radical (unpaired) electrons. The summed E-state index contributed by atoms with van der Waals surface area (Å²) in [5.74, 6) is -1.57. The second-order valence-corrected chi connectivity index (χ2v) is 6.12. The topological polar surface area (TPSA) is 80.5 Å². The third kappa shape index (κ3) is 2.54. The SMILES string of the molecule is Fc1cccc(-c2cnoc2-c2c[nH]c3ncc(-c4cncnc4)cc23)c1F. The molecule has 8 heteroatoms. The van der Waals surface area contributed by atoms with E-state index in [2.05, 4.69) is 25.1 Å². The molecule has 0 aliphatic carbocycles. The molecule has 0 spiro atoms. The van der Waals surface area contributed by atoms with E-state index in [1.807, 2.05) is 6.07 Å². The molecular formula is C20H11F2N5O. The predicted molar refractivity (Wildman–Crippen MR) is 98.0 cm³/mol. The normalized spacial score (nSPS) is 11.2. The van der Waals surface area contributed by atoms with Crippen LogP contribution >= 0.6 is 0 Å². The minimum atomic E-state index is -0.952. The van der Waals surface area contributed by atoms with Crippen LogP contribution in [0.15, 0.2) is 66.1 Å². The van der Waals surface area contributed by atoms with Crippen molar-refractivity contribution in [1.29, 1.82) is 0 Å². The molecule has 136 valence electrons. The van der Waals surface area contributed by atoms with Crippen molar-refractivity contribution in [2.45, 2.75) is 0 Å². The summed E-state index contributed by atoms with van der Waals surface area (Å²) in [6, 6.07) is 5.89. The van der Waals surface area contributed by atoms with Crippen molar-refractivity contribution in [3.05, 3.63) is 73.2 Å². The van der Waals surface area contributed by atoms with Crippen LogP contribution in [0.2, 0.25) is 0 Å². The molecule has 0 fully saturated rings. The van der Waals surface area contributed by atoms with Crippen LogP contribution in [0.4, 0.5) is 8.78 Å². The lowest BCUT2D eigenvalue weighted by Crippen LogP contribution is -1.89. The van der Waals surface area contributed by atoms with Crippen LogP contribution < -0.4 is 0 Å². The zero-order chi connectivity index (χ0) is 19.1. The van der Waals surface area contributed by atoms with Crippen LogP contribution in [0.5, 0.6) is 0 Å². The molecule has 5 rings (SSSR count). The lowest BCUT2D eigenvalue weighted by Gasteiger charge is -2.04. The molecule has 6 nitrogen and oxygen atoms in total. The second kappa shape index (κ2) is 6.34. The zero-order valence-corrected chi connectivity index (χ0v) is 14.2. The van der Waals surface area contributed by atoms with E-state index >= 15 is 0 Å². The number of hydrogen-bond acceptors (Lipinski definition) is 5. The Kier molecular flexibility index (Phi) is 3.68. The summed E-state index contributed by atoms with van der Waals surface area (Å²) in [5, 5.41) is 4.54. The number of nitrogens with one attached hydrogen (secondary N) is 1. The van der Waals surface area contributed by atoms with Crippen LogP contribution in [0.3, 0.4) is 0 Å². The summed E-state index contributed by atoms with van der Waals surface area (Å²) in [4.78, 5) is 15.5. The van der Waals surface area contributed by atoms with Crippen molar-refractivity contribution in [2.24, 2.45) is 0 Å². The van der Waals surface area contributed by atoms with Gasteiger partial charge in [-0.3, -0.25) is 0 Å². The summed E-state index contributed by atoms with van der Waals surface area (Å²) >= 11 is 0. The number of hydrogen-bond donors (Lipinski definition) is 1. The van der Waals surface area contributed by atoms with Crippen LogP contribution in [0.1, 0.15) is 0 Å². The van der Waals surface area contributed by atoms with Crippen LogP contribution in [0.25, 0.3) is 44.6 Å². The van der Waals surface area contributed by atoms with Gasteiger partial charge in [0.2, 0.25) is 0 Å².